The molecule has 2 N–H and O–H groups in total. The number of alkyl halides is 2. The molecule has 1 aromatic carbocycles. The summed E-state index contributed by atoms with van der Waals surface area (Å²) in [5, 5.41) is 20.4. The lowest BCUT2D eigenvalue weighted by atomic mass is 10.00. The van der Waals surface area contributed by atoms with Crippen molar-refractivity contribution in [2.45, 2.75) is 22.9 Å². The van der Waals surface area contributed by atoms with Crippen LogP contribution in [0.15, 0.2) is 18.2 Å². The Hall–Kier alpha value is -0.340. The number of hydrogen-bond donors (Lipinski definition) is 2. The lowest BCUT2D eigenvalue weighted by Crippen LogP contribution is -2.26. The van der Waals surface area contributed by atoms with Crippen molar-refractivity contribution in [3.63, 3.8) is 0 Å². The Kier molecular flexibility index (Phi) is 5.30. The SMILES string of the molecule is O=C(O)CC1Cc2cc(OCCCBr)ccc2C1(O)I. The van der Waals surface area contributed by atoms with Crippen molar-refractivity contribution >= 4 is 44.5 Å². The van der Waals surface area contributed by atoms with E-state index in [0.717, 1.165) is 28.6 Å². The smallest absolute Gasteiger partial charge is 0.303 e. The minimum atomic E-state index is -1.11. The second-order valence-corrected chi connectivity index (χ2v) is 7.32. The number of hydrogen-bond acceptors (Lipinski definition) is 3. The molecular formula is C14H16BrIO4. The molecule has 6 heteroatoms. The Labute approximate surface area is 139 Å². The molecule has 110 valence electrons. The number of aliphatic hydroxyl groups is 1. The summed E-state index contributed by atoms with van der Waals surface area (Å²) in [6.45, 7) is 0.636. The van der Waals surface area contributed by atoms with Crippen LogP contribution in [0, 0.1) is 5.92 Å². The summed E-state index contributed by atoms with van der Waals surface area (Å²) in [6, 6.07) is 5.59. The first-order chi connectivity index (χ1) is 9.45. The number of ether oxygens (including phenoxy) is 1. The maximum atomic E-state index is 10.9. The van der Waals surface area contributed by atoms with Crippen LogP contribution in [0.1, 0.15) is 24.0 Å². The molecule has 0 amide bonds. The van der Waals surface area contributed by atoms with Crippen molar-refractivity contribution in [2.75, 3.05) is 11.9 Å². The predicted molar refractivity (Wildman–Crippen MR) is 87.7 cm³/mol. The van der Waals surface area contributed by atoms with Crippen LogP contribution in [-0.2, 0) is 14.8 Å². The summed E-state index contributed by atoms with van der Waals surface area (Å²) < 4.78 is 4.51. The molecule has 0 heterocycles. The Balaban J connectivity index is 2.15. The standard InChI is InChI=1S/C14H16BrIO4/c15-4-1-5-20-11-2-3-12-9(7-11)6-10(8-13(17)18)14(12,16)19/h2-3,7,10,19H,1,4-6,8H2,(H,17,18). The Morgan fingerprint density at radius 2 is 2.30 bits per heavy atom. The highest BCUT2D eigenvalue weighted by atomic mass is 127. The van der Waals surface area contributed by atoms with E-state index in [4.69, 9.17) is 9.84 Å². The zero-order chi connectivity index (χ0) is 14.8. The van der Waals surface area contributed by atoms with Crippen molar-refractivity contribution in [2.24, 2.45) is 5.92 Å². The van der Waals surface area contributed by atoms with Crippen LogP contribution in [0.3, 0.4) is 0 Å². The van der Waals surface area contributed by atoms with Crippen LogP contribution in [0.25, 0.3) is 0 Å². The van der Waals surface area contributed by atoms with E-state index in [1.165, 1.54) is 0 Å². The molecule has 0 aromatic heterocycles. The third kappa shape index (κ3) is 3.46. The van der Waals surface area contributed by atoms with E-state index in [0.29, 0.717) is 13.0 Å². The van der Waals surface area contributed by atoms with E-state index < -0.39 is 9.58 Å². The second kappa shape index (κ2) is 6.62. The Morgan fingerprint density at radius 1 is 1.55 bits per heavy atom. The first-order valence-electron chi connectivity index (χ1n) is 6.40. The van der Waals surface area contributed by atoms with Gasteiger partial charge in [0.2, 0.25) is 0 Å². The van der Waals surface area contributed by atoms with Crippen molar-refractivity contribution in [3.8, 4) is 5.75 Å². The molecule has 0 fully saturated rings. The average molecular weight is 455 g/mol. The molecule has 0 saturated heterocycles. The number of halogens is 2. The van der Waals surface area contributed by atoms with Gasteiger partial charge in [0.25, 0.3) is 0 Å². The summed E-state index contributed by atoms with van der Waals surface area (Å²) in [6.07, 6.45) is 1.46. The van der Waals surface area contributed by atoms with E-state index in [9.17, 15) is 9.90 Å². The van der Waals surface area contributed by atoms with Gasteiger partial charge in [-0.25, -0.2) is 0 Å². The summed E-state index contributed by atoms with van der Waals surface area (Å²) in [5.74, 6) is -0.409. The van der Waals surface area contributed by atoms with Crippen LogP contribution in [-0.4, -0.2) is 28.1 Å². The van der Waals surface area contributed by atoms with Gasteiger partial charge in [-0.05, 0) is 58.7 Å². The molecule has 1 aliphatic rings. The summed E-state index contributed by atoms with van der Waals surface area (Å²) in [5.41, 5.74) is 1.78. The molecule has 2 atom stereocenters. The normalized spacial score (nSPS) is 24.4. The monoisotopic (exact) mass is 454 g/mol. The molecule has 0 aliphatic heterocycles. The van der Waals surface area contributed by atoms with Crippen LogP contribution in [0.4, 0.5) is 0 Å². The fraction of sp³-hybridized carbons (Fsp3) is 0.500. The number of carbonyl (C=O) groups is 1. The first kappa shape index (κ1) is 16.0. The molecule has 1 aromatic rings. The highest BCUT2D eigenvalue weighted by molar-refractivity contribution is 14.1. The number of fused-ring (bicyclic) bond motifs is 1. The van der Waals surface area contributed by atoms with Gasteiger partial charge in [0, 0.05) is 11.2 Å². The van der Waals surface area contributed by atoms with E-state index in [1.807, 2.05) is 40.8 Å². The zero-order valence-corrected chi connectivity index (χ0v) is 14.6. The number of benzene rings is 1. The number of carboxylic acid groups (broad SMARTS) is 1. The van der Waals surface area contributed by atoms with Crippen molar-refractivity contribution < 1.29 is 19.7 Å². The minimum Gasteiger partial charge on any atom is -0.494 e. The number of rotatable bonds is 6. The predicted octanol–water partition coefficient (Wildman–Crippen LogP) is 3.08. The number of carboxylic acids is 1. The summed E-state index contributed by atoms with van der Waals surface area (Å²) in [7, 11) is 0. The second-order valence-electron chi connectivity index (χ2n) is 4.88. The van der Waals surface area contributed by atoms with Gasteiger partial charge in [-0.3, -0.25) is 4.79 Å². The largest absolute Gasteiger partial charge is 0.494 e. The molecule has 4 nitrogen and oxygen atoms in total. The van der Waals surface area contributed by atoms with E-state index in [2.05, 4.69) is 15.9 Å². The molecule has 0 saturated carbocycles. The molecule has 2 rings (SSSR count). The van der Waals surface area contributed by atoms with Gasteiger partial charge in [-0.1, -0.05) is 22.0 Å². The highest BCUT2D eigenvalue weighted by Crippen LogP contribution is 2.48. The van der Waals surface area contributed by atoms with Gasteiger partial charge in [0.05, 0.1) is 13.0 Å². The van der Waals surface area contributed by atoms with E-state index in [1.54, 1.807) is 0 Å². The Bertz CT molecular complexity index is 504. The topological polar surface area (TPSA) is 66.8 Å². The molecular weight excluding hydrogens is 439 g/mol. The molecule has 20 heavy (non-hydrogen) atoms. The highest BCUT2D eigenvalue weighted by Gasteiger charge is 2.44. The average Bonchev–Trinajstić information content (AvgIpc) is 2.60. The fourth-order valence-electron chi connectivity index (χ4n) is 2.45. The van der Waals surface area contributed by atoms with Gasteiger partial charge in [0.1, 0.15) is 9.36 Å². The van der Waals surface area contributed by atoms with Crippen LogP contribution >= 0.6 is 38.5 Å². The molecule has 2 unspecified atom stereocenters. The van der Waals surface area contributed by atoms with Crippen molar-refractivity contribution in [1.82, 2.24) is 0 Å². The number of aliphatic carboxylic acids is 1. The van der Waals surface area contributed by atoms with Crippen LogP contribution in [0.5, 0.6) is 5.75 Å². The third-order valence-corrected chi connectivity index (χ3v) is 5.45. The fourth-order valence-corrected chi connectivity index (χ4v) is 3.65. The first-order valence-corrected chi connectivity index (χ1v) is 8.60. The molecule has 0 bridgehead atoms. The van der Waals surface area contributed by atoms with Gasteiger partial charge >= 0.3 is 5.97 Å². The maximum Gasteiger partial charge on any atom is 0.303 e. The molecule has 1 aliphatic carbocycles. The van der Waals surface area contributed by atoms with Gasteiger partial charge in [0.15, 0.2) is 0 Å². The zero-order valence-electron chi connectivity index (χ0n) is 10.8. The summed E-state index contributed by atoms with van der Waals surface area (Å²) >= 11 is 5.29. The van der Waals surface area contributed by atoms with Gasteiger partial charge in [-0.15, -0.1) is 0 Å². The summed E-state index contributed by atoms with van der Waals surface area (Å²) in [4.78, 5) is 10.9. The minimum absolute atomic E-state index is 0.0338. The lowest BCUT2D eigenvalue weighted by Gasteiger charge is -2.23. The van der Waals surface area contributed by atoms with Gasteiger partial charge < -0.3 is 14.9 Å². The molecule has 0 spiro atoms. The molecule has 0 radical (unpaired) electrons. The van der Waals surface area contributed by atoms with Crippen molar-refractivity contribution in [1.29, 1.82) is 0 Å². The van der Waals surface area contributed by atoms with E-state index >= 15 is 0 Å². The Morgan fingerprint density at radius 3 is 2.95 bits per heavy atom. The van der Waals surface area contributed by atoms with Gasteiger partial charge in [-0.2, -0.15) is 0 Å². The van der Waals surface area contributed by atoms with Crippen molar-refractivity contribution in [3.05, 3.63) is 29.3 Å². The van der Waals surface area contributed by atoms with E-state index in [-0.39, 0.29) is 12.3 Å². The third-order valence-electron chi connectivity index (χ3n) is 3.43. The van der Waals surface area contributed by atoms with Crippen LogP contribution in [0.2, 0.25) is 0 Å². The van der Waals surface area contributed by atoms with Crippen LogP contribution < -0.4 is 4.74 Å². The quantitative estimate of drug-likeness (QED) is 0.394. The maximum absolute atomic E-state index is 10.9. The lowest BCUT2D eigenvalue weighted by molar-refractivity contribution is -0.139.